The molecule has 3 aromatic heterocycles. The number of anilines is 1. The van der Waals surface area contributed by atoms with E-state index in [0.717, 1.165) is 41.1 Å². The van der Waals surface area contributed by atoms with Gasteiger partial charge in [0.05, 0.1) is 15.6 Å². The van der Waals surface area contributed by atoms with Gasteiger partial charge in [-0.05, 0) is 44.2 Å². The van der Waals surface area contributed by atoms with Crippen molar-refractivity contribution in [3.05, 3.63) is 64.5 Å². The number of nitrogens with one attached hydrogen (secondary N) is 1. The lowest BCUT2D eigenvalue weighted by atomic mass is 9.94. The van der Waals surface area contributed by atoms with E-state index in [1.165, 1.54) is 0 Å². The molecule has 0 bridgehead atoms. The number of nitrogens with zero attached hydrogens (tertiary/aromatic N) is 4. The minimum absolute atomic E-state index is 0.142. The second-order valence-electron chi connectivity index (χ2n) is 8.47. The molecule has 7 nitrogen and oxygen atoms in total. The van der Waals surface area contributed by atoms with Crippen molar-refractivity contribution in [2.45, 2.75) is 25.5 Å². The molecule has 1 unspecified atom stereocenters. The molecule has 1 fully saturated rings. The van der Waals surface area contributed by atoms with Gasteiger partial charge in [0.1, 0.15) is 23.4 Å². The number of hydrogen-bond donors (Lipinski definition) is 2. The molecule has 4 aromatic rings. The van der Waals surface area contributed by atoms with Gasteiger partial charge < -0.3 is 15.4 Å². The summed E-state index contributed by atoms with van der Waals surface area (Å²) in [7, 11) is 0. The number of pyridine rings is 2. The van der Waals surface area contributed by atoms with Gasteiger partial charge in [-0.15, -0.1) is 0 Å². The quantitative estimate of drug-likeness (QED) is 0.427. The highest BCUT2D eigenvalue weighted by molar-refractivity contribution is 6.35. The first-order valence-corrected chi connectivity index (χ1v) is 11.0. The Morgan fingerprint density at radius 3 is 2.53 bits per heavy atom. The maximum absolute atomic E-state index is 6.28. The summed E-state index contributed by atoms with van der Waals surface area (Å²) < 4.78 is 6.15. The van der Waals surface area contributed by atoms with Gasteiger partial charge in [0.25, 0.3) is 0 Å². The van der Waals surface area contributed by atoms with Gasteiger partial charge in [-0.2, -0.15) is 5.10 Å². The molecular formula is C23H22Cl2N6O. The summed E-state index contributed by atoms with van der Waals surface area (Å²) in [4.78, 5) is 10.8. The molecule has 0 radical (unpaired) electrons. The molecule has 1 aliphatic rings. The van der Waals surface area contributed by atoms with Crippen LogP contribution in [-0.4, -0.2) is 38.8 Å². The van der Waals surface area contributed by atoms with E-state index < -0.39 is 0 Å². The Morgan fingerprint density at radius 1 is 1.12 bits per heavy atom. The zero-order chi connectivity index (χ0) is 22.5. The summed E-state index contributed by atoms with van der Waals surface area (Å²) in [6, 6.07) is 9.81. The van der Waals surface area contributed by atoms with Crippen LogP contribution in [0.15, 0.2) is 48.9 Å². The van der Waals surface area contributed by atoms with Gasteiger partial charge in [0.15, 0.2) is 0 Å². The van der Waals surface area contributed by atoms with Crippen molar-refractivity contribution in [1.82, 2.24) is 20.2 Å². The average Bonchev–Trinajstić information content (AvgIpc) is 3.15. The third-order valence-electron chi connectivity index (χ3n) is 5.59. The lowest BCUT2D eigenvalue weighted by Crippen LogP contribution is -2.65. The van der Waals surface area contributed by atoms with Gasteiger partial charge in [-0.3, -0.25) is 10.1 Å². The lowest BCUT2D eigenvalue weighted by molar-refractivity contribution is 0.227. The van der Waals surface area contributed by atoms with E-state index in [9.17, 15) is 0 Å². The number of fused-ring (bicyclic) bond motifs is 1. The Morgan fingerprint density at radius 2 is 1.88 bits per heavy atom. The fourth-order valence-corrected chi connectivity index (χ4v) is 4.73. The molecule has 1 saturated heterocycles. The number of halogens is 2. The fraction of sp³-hybridized carbons (Fsp3) is 0.261. The van der Waals surface area contributed by atoms with Crippen LogP contribution in [0.25, 0.3) is 22.2 Å². The SMILES string of the molecule is CC(Oc1ccc2[nH]nc(-c3ccc(N4CC(C)(N)C4)nc3)c2c1)c1c(Cl)cncc1Cl. The maximum Gasteiger partial charge on any atom is 0.128 e. The lowest BCUT2D eigenvalue weighted by Gasteiger charge is -2.46. The highest BCUT2D eigenvalue weighted by Crippen LogP contribution is 2.35. The summed E-state index contributed by atoms with van der Waals surface area (Å²) in [6.07, 6.45) is 4.61. The molecule has 0 aliphatic carbocycles. The smallest absolute Gasteiger partial charge is 0.128 e. The van der Waals surface area contributed by atoms with Crippen LogP contribution in [-0.2, 0) is 0 Å². The summed E-state index contributed by atoms with van der Waals surface area (Å²) >= 11 is 12.6. The first kappa shape index (κ1) is 21.0. The van der Waals surface area contributed by atoms with E-state index in [4.69, 9.17) is 33.7 Å². The molecule has 1 atom stereocenters. The highest BCUT2D eigenvalue weighted by atomic mass is 35.5. The van der Waals surface area contributed by atoms with Crippen LogP contribution in [0.2, 0.25) is 10.0 Å². The fourth-order valence-electron chi connectivity index (χ4n) is 4.06. The Balaban J connectivity index is 1.41. The van der Waals surface area contributed by atoms with Crippen molar-refractivity contribution in [2.75, 3.05) is 18.0 Å². The standard InChI is InChI=1S/C23H22Cl2N6O/c1-13(21-17(24)9-27-10-18(21)25)32-15-4-5-19-16(7-15)22(30-29-19)14-3-6-20(28-8-14)31-11-23(2,26)12-31/h3-10,13H,11-12,26H2,1-2H3,(H,29,30). The van der Waals surface area contributed by atoms with Crippen molar-refractivity contribution in [3.8, 4) is 17.0 Å². The van der Waals surface area contributed by atoms with Crippen LogP contribution >= 0.6 is 23.2 Å². The van der Waals surface area contributed by atoms with Crippen LogP contribution < -0.4 is 15.4 Å². The first-order valence-electron chi connectivity index (χ1n) is 10.2. The molecule has 3 N–H and O–H groups in total. The van der Waals surface area contributed by atoms with Crippen molar-refractivity contribution in [2.24, 2.45) is 5.73 Å². The second kappa shape index (κ2) is 7.92. The van der Waals surface area contributed by atoms with Gasteiger partial charge in [0, 0.05) is 53.7 Å². The van der Waals surface area contributed by atoms with Crippen LogP contribution in [0.3, 0.4) is 0 Å². The molecule has 9 heteroatoms. The summed E-state index contributed by atoms with van der Waals surface area (Å²) in [6.45, 7) is 5.55. The molecule has 1 aliphatic heterocycles. The molecule has 1 aromatic carbocycles. The Bertz CT molecular complexity index is 1260. The zero-order valence-corrected chi connectivity index (χ0v) is 19.2. The number of hydrogen-bond acceptors (Lipinski definition) is 6. The van der Waals surface area contributed by atoms with Gasteiger partial charge in [0.2, 0.25) is 0 Å². The molecule has 5 rings (SSSR count). The first-order chi connectivity index (χ1) is 15.3. The van der Waals surface area contributed by atoms with Gasteiger partial charge in [-0.25, -0.2) is 4.98 Å². The molecule has 32 heavy (non-hydrogen) atoms. The van der Waals surface area contributed by atoms with E-state index in [2.05, 4.69) is 25.1 Å². The number of aromatic amines is 1. The van der Waals surface area contributed by atoms with Crippen molar-refractivity contribution >= 4 is 39.9 Å². The Labute approximate surface area is 195 Å². The molecule has 0 amide bonds. The topological polar surface area (TPSA) is 93.0 Å². The van der Waals surface area contributed by atoms with Crippen molar-refractivity contribution < 1.29 is 4.74 Å². The van der Waals surface area contributed by atoms with Crippen molar-refractivity contribution in [3.63, 3.8) is 0 Å². The normalized spacial score (nSPS) is 16.1. The monoisotopic (exact) mass is 468 g/mol. The minimum Gasteiger partial charge on any atom is -0.486 e. The third kappa shape index (κ3) is 3.88. The largest absolute Gasteiger partial charge is 0.486 e. The molecule has 0 saturated carbocycles. The number of H-pyrrole nitrogens is 1. The van der Waals surface area contributed by atoms with Crippen LogP contribution in [0.1, 0.15) is 25.5 Å². The molecular weight excluding hydrogens is 447 g/mol. The minimum atomic E-state index is -0.350. The Hall–Kier alpha value is -2.87. The zero-order valence-electron chi connectivity index (χ0n) is 17.6. The number of nitrogens with two attached hydrogens (primary N) is 1. The van der Waals surface area contributed by atoms with Crippen molar-refractivity contribution in [1.29, 1.82) is 0 Å². The summed E-state index contributed by atoms with van der Waals surface area (Å²) in [5, 5.41) is 9.46. The molecule has 164 valence electrons. The van der Waals surface area contributed by atoms with Crippen LogP contribution in [0.4, 0.5) is 5.82 Å². The van der Waals surface area contributed by atoms with Gasteiger partial charge in [-0.1, -0.05) is 23.2 Å². The predicted octanol–water partition coefficient (Wildman–Crippen LogP) is 5.00. The van der Waals surface area contributed by atoms with Crippen LogP contribution in [0.5, 0.6) is 5.75 Å². The second-order valence-corrected chi connectivity index (χ2v) is 9.29. The van der Waals surface area contributed by atoms with E-state index >= 15 is 0 Å². The average molecular weight is 469 g/mol. The molecule has 0 spiro atoms. The van der Waals surface area contributed by atoms with Crippen LogP contribution in [0, 0.1) is 0 Å². The predicted molar refractivity (Wildman–Crippen MR) is 127 cm³/mol. The highest BCUT2D eigenvalue weighted by Gasteiger charge is 2.35. The van der Waals surface area contributed by atoms with Gasteiger partial charge >= 0.3 is 0 Å². The third-order valence-corrected chi connectivity index (χ3v) is 6.20. The Kier molecular flexibility index (Phi) is 5.20. The summed E-state index contributed by atoms with van der Waals surface area (Å²) in [5.74, 6) is 1.60. The number of aromatic nitrogens is 4. The number of benzene rings is 1. The number of ether oxygens (including phenoxy) is 1. The molecule has 4 heterocycles. The van der Waals surface area contributed by atoms with E-state index in [1.54, 1.807) is 12.4 Å². The summed E-state index contributed by atoms with van der Waals surface area (Å²) in [5.41, 5.74) is 9.31. The maximum atomic E-state index is 6.28. The van der Waals surface area contributed by atoms with E-state index in [-0.39, 0.29) is 11.6 Å². The number of rotatable bonds is 5. The van der Waals surface area contributed by atoms with E-state index in [1.807, 2.05) is 50.4 Å². The van der Waals surface area contributed by atoms with E-state index in [0.29, 0.717) is 21.4 Å².